The second kappa shape index (κ2) is 7.61. The molecule has 0 aromatic carbocycles. The second-order valence-electron chi connectivity index (χ2n) is 4.96. The number of ether oxygens (including phenoxy) is 1. The second-order valence-corrected chi connectivity index (χ2v) is 4.96. The number of nitrogens with one attached hydrogen (secondary N) is 1. The van der Waals surface area contributed by atoms with Crippen molar-refractivity contribution in [2.75, 3.05) is 19.7 Å². The molecule has 1 N–H and O–H groups in total. The maximum atomic E-state index is 12.4. The van der Waals surface area contributed by atoms with E-state index >= 15 is 0 Å². The van der Waals surface area contributed by atoms with Gasteiger partial charge in [-0.2, -0.15) is 0 Å². The first-order valence-corrected chi connectivity index (χ1v) is 7.35. The van der Waals surface area contributed by atoms with Crippen molar-refractivity contribution in [3.05, 3.63) is 29.6 Å². The molecule has 0 spiro atoms. The molecule has 114 valence electrons. The lowest BCUT2D eigenvalue weighted by Crippen LogP contribution is -2.35. The fourth-order valence-electron chi connectivity index (χ4n) is 2.33. The molecule has 21 heavy (non-hydrogen) atoms. The third-order valence-corrected chi connectivity index (χ3v) is 3.40. The van der Waals surface area contributed by atoms with Crippen LogP contribution in [-0.2, 0) is 11.3 Å². The number of aromatic nitrogens is 1. The normalized spacial score (nSPS) is 14.6. The molecule has 1 fully saturated rings. The summed E-state index contributed by atoms with van der Waals surface area (Å²) in [5, 5.41) is 2.60. The van der Waals surface area contributed by atoms with Crippen LogP contribution in [0.3, 0.4) is 0 Å². The van der Waals surface area contributed by atoms with Crippen LogP contribution in [0.15, 0.2) is 18.3 Å². The minimum atomic E-state index is -0.480. The maximum absolute atomic E-state index is 12.4. The molecule has 0 saturated carbocycles. The van der Waals surface area contributed by atoms with Crippen molar-refractivity contribution in [3.63, 3.8) is 0 Å². The van der Waals surface area contributed by atoms with Gasteiger partial charge >= 0.3 is 6.09 Å². The SMILES string of the molecule is CCOC(=O)NCc1cc(C(=O)N2CCCCC2)ccn1. The Morgan fingerprint density at radius 3 is 2.81 bits per heavy atom. The summed E-state index contributed by atoms with van der Waals surface area (Å²) in [7, 11) is 0. The summed E-state index contributed by atoms with van der Waals surface area (Å²) in [6.07, 6.45) is 4.43. The van der Waals surface area contributed by atoms with E-state index in [2.05, 4.69) is 10.3 Å². The standard InChI is InChI=1S/C15H21N3O3/c1-2-21-15(20)17-11-13-10-12(6-7-16-13)14(19)18-8-4-3-5-9-18/h6-7,10H,2-5,8-9,11H2,1H3,(H,17,20). The van der Waals surface area contributed by atoms with Crippen molar-refractivity contribution >= 4 is 12.0 Å². The predicted octanol–water partition coefficient (Wildman–Crippen LogP) is 1.95. The van der Waals surface area contributed by atoms with Gasteiger partial charge in [-0.25, -0.2) is 4.79 Å². The van der Waals surface area contributed by atoms with Gasteiger partial charge in [0.1, 0.15) is 0 Å². The molecule has 1 saturated heterocycles. The number of amides is 2. The summed E-state index contributed by atoms with van der Waals surface area (Å²) >= 11 is 0. The highest BCUT2D eigenvalue weighted by atomic mass is 16.5. The van der Waals surface area contributed by atoms with Crippen molar-refractivity contribution in [3.8, 4) is 0 Å². The van der Waals surface area contributed by atoms with E-state index in [0.717, 1.165) is 25.9 Å². The van der Waals surface area contributed by atoms with Gasteiger partial charge in [-0.15, -0.1) is 0 Å². The topological polar surface area (TPSA) is 71.5 Å². The molecule has 6 heteroatoms. The molecule has 0 unspecified atom stereocenters. The summed E-state index contributed by atoms with van der Waals surface area (Å²) in [5.41, 5.74) is 1.26. The van der Waals surface area contributed by atoms with E-state index in [9.17, 15) is 9.59 Å². The van der Waals surface area contributed by atoms with E-state index in [1.165, 1.54) is 6.42 Å². The molecule has 1 aromatic heterocycles. The zero-order valence-electron chi connectivity index (χ0n) is 12.3. The van der Waals surface area contributed by atoms with Crippen LogP contribution in [0.5, 0.6) is 0 Å². The lowest BCUT2D eigenvalue weighted by atomic mass is 10.1. The first-order chi connectivity index (χ1) is 10.2. The zero-order valence-corrected chi connectivity index (χ0v) is 12.3. The molecular formula is C15H21N3O3. The minimum absolute atomic E-state index is 0.0366. The Labute approximate surface area is 124 Å². The van der Waals surface area contributed by atoms with Crippen LogP contribution in [-0.4, -0.2) is 41.6 Å². The van der Waals surface area contributed by atoms with Crippen molar-refractivity contribution in [2.24, 2.45) is 0 Å². The van der Waals surface area contributed by atoms with Gasteiger partial charge in [-0.05, 0) is 38.3 Å². The number of pyridine rings is 1. The highest BCUT2D eigenvalue weighted by Gasteiger charge is 2.18. The largest absolute Gasteiger partial charge is 0.450 e. The maximum Gasteiger partial charge on any atom is 0.407 e. The fourth-order valence-corrected chi connectivity index (χ4v) is 2.33. The fraction of sp³-hybridized carbons (Fsp3) is 0.533. The zero-order chi connectivity index (χ0) is 15.1. The molecule has 0 bridgehead atoms. The summed E-state index contributed by atoms with van der Waals surface area (Å²) in [5.74, 6) is 0.0366. The van der Waals surface area contributed by atoms with Gasteiger partial charge in [-0.3, -0.25) is 9.78 Å². The third-order valence-electron chi connectivity index (χ3n) is 3.40. The van der Waals surface area contributed by atoms with Gasteiger partial charge in [0.05, 0.1) is 18.8 Å². The molecular weight excluding hydrogens is 270 g/mol. The van der Waals surface area contributed by atoms with E-state index in [0.29, 0.717) is 17.9 Å². The van der Waals surface area contributed by atoms with E-state index < -0.39 is 6.09 Å². The number of nitrogens with zero attached hydrogens (tertiary/aromatic N) is 2. The van der Waals surface area contributed by atoms with Crippen LogP contribution in [0, 0.1) is 0 Å². The Morgan fingerprint density at radius 1 is 1.33 bits per heavy atom. The number of carbonyl (C=O) groups is 2. The first kappa shape index (κ1) is 15.3. The summed E-state index contributed by atoms with van der Waals surface area (Å²) in [6, 6.07) is 3.44. The number of carbonyl (C=O) groups excluding carboxylic acids is 2. The Bertz CT molecular complexity index is 499. The average molecular weight is 291 g/mol. The van der Waals surface area contributed by atoms with E-state index in [1.54, 1.807) is 25.3 Å². The quantitative estimate of drug-likeness (QED) is 0.920. The van der Waals surface area contributed by atoms with Gasteiger partial charge < -0.3 is 15.0 Å². The third kappa shape index (κ3) is 4.44. The van der Waals surface area contributed by atoms with E-state index in [1.807, 2.05) is 4.90 Å². The van der Waals surface area contributed by atoms with Crippen LogP contribution in [0.1, 0.15) is 42.2 Å². The molecule has 2 amide bonds. The van der Waals surface area contributed by atoms with Crippen LogP contribution in [0.25, 0.3) is 0 Å². The Hall–Kier alpha value is -2.11. The van der Waals surface area contributed by atoms with Crippen molar-refractivity contribution in [1.82, 2.24) is 15.2 Å². The van der Waals surface area contributed by atoms with E-state index in [-0.39, 0.29) is 12.5 Å². The van der Waals surface area contributed by atoms with Crippen LogP contribution >= 0.6 is 0 Å². The predicted molar refractivity (Wildman–Crippen MR) is 77.9 cm³/mol. The molecule has 0 aliphatic carbocycles. The summed E-state index contributed by atoms with van der Waals surface area (Å²) < 4.78 is 4.78. The monoisotopic (exact) mass is 291 g/mol. The highest BCUT2D eigenvalue weighted by molar-refractivity contribution is 5.94. The number of alkyl carbamates (subject to hydrolysis) is 1. The number of piperidine rings is 1. The Balaban J connectivity index is 1.96. The molecule has 2 rings (SSSR count). The van der Waals surface area contributed by atoms with Gasteiger partial charge in [0, 0.05) is 24.8 Å². The molecule has 0 atom stereocenters. The van der Waals surface area contributed by atoms with Crippen molar-refractivity contribution in [2.45, 2.75) is 32.7 Å². The summed E-state index contributed by atoms with van der Waals surface area (Å²) in [6.45, 7) is 3.96. The minimum Gasteiger partial charge on any atom is -0.450 e. The van der Waals surface area contributed by atoms with Gasteiger partial charge in [0.15, 0.2) is 0 Å². The van der Waals surface area contributed by atoms with Gasteiger partial charge in [0.25, 0.3) is 5.91 Å². The molecule has 0 radical (unpaired) electrons. The van der Waals surface area contributed by atoms with E-state index in [4.69, 9.17) is 4.74 Å². The molecule has 1 aliphatic heterocycles. The van der Waals surface area contributed by atoms with Crippen molar-refractivity contribution in [1.29, 1.82) is 0 Å². The van der Waals surface area contributed by atoms with Gasteiger partial charge in [-0.1, -0.05) is 0 Å². The highest BCUT2D eigenvalue weighted by Crippen LogP contribution is 2.13. The van der Waals surface area contributed by atoms with Crippen LogP contribution < -0.4 is 5.32 Å². The molecule has 6 nitrogen and oxygen atoms in total. The van der Waals surface area contributed by atoms with Crippen LogP contribution in [0.4, 0.5) is 4.79 Å². The lowest BCUT2D eigenvalue weighted by Gasteiger charge is -2.26. The number of likely N-dealkylation sites (tertiary alicyclic amines) is 1. The summed E-state index contributed by atoms with van der Waals surface area (Å²) in [4.78, 5) is 29.7. The lowest BCUT2D eigenvalue weighted by molar-refractivity contribution is 0.0724. The molecule has 1 aromatic rings. The Morgan fingerprint density at radius 2 is 2.10 bits per heavy atom. The van der Waals surface area contributed by atoms with Crippen LogP contribution in [0.2, 0.25) is 0 Å². The Kier molecular flexibility index (Phi) is 5.54. The molecule has 2 heterocycles. The smallest absolute Gasteiger partial charge is 0.407 e. The number of hydrogen-bond acceptors (Lipinski definition) is 4. The molecule has 1 aliphatic rings. The number of hydrogen-bond donors (Lipinski definition) is 1. The number of rotatable bonds is 4. The first-order valence-electron chi connectivity index (χ1n) is 7.35. The van der Waals surface area contributed by atoms with Gasteiger partial charge in [0.2, 0.25) is 0 Å². The average Bonchev–Trinajstić information content (AvgIpc) is 2.54. The van der Waals surface area contributed by atoms with Crippen molar-refractivity contribution < 1.29 is 14.3 Å².